The van der Waals surface area contributed by atoms with Crippen molar-refractivity contribution in [2.45, 2.75) is 32.4 Å². The molecular weight excluding hydrogens is 258 g/mol. The highest BCUT2D eigenvalue weighted by molar-refractivity contribution is 5.32. The van der Waals surface area contributed by atoms with Crippen LogP contribution in [0, 0.1) is 13.8 Å². The molecule has 0 saturated carbocycles. The predicted molar refractivity (Wildman–Crippen MR) is 86.4 cm³/mol. The summed E-state index contributed by atoms with van der Waals surface area (Å²) in [5, 5.41) is 3.67. The number of aryl methyl sites for hydroxylation is 2. The first kappa shape index (κ1) is 14.3. The van der Waals surface area contributed by atoms with Gasteiger partial charge in [0.1, 0.15) is 0 Å². The number of hydrogen-bond donors (Lipinski definition) is 1. The number of benzene rings is 2. The molecule has 0 radical (unpaired) electrons. The second-order valence-electron chi connectivity index (χ2n) is 6.22. The van der Waals surface area contributed by atoms with E-state index in [1.165, 1.54) is 22.3 Å². The molecule has 21 heavy (non-hydrogen) atoms. The summed E-state index contributed by atoms with van der Waals surface area (Å²) in [6, 6.07) is 17.1. The van der Waals surface area contributed by atoms with E-state index in [2.05, 4.69) is 74.6 Å². The summed E-state index contributed by atoms with van der Waals surface area (Å²) in [6.07, 6.45) is 0.140. The number of morpholine rings is 1. The Morgan fingerprint density at radius 1 is 1.05 bits per heavy atom. The molecule has 0 aromatic heterocycles. The van der Waals surface area contributed by atoms with Crippen molar-refractivity contribution < 1.29 is 4.74 Å². The maximum Gasteiger partial charge on any atom is 0.0950 e. The molecule has 1 aliphatic rings. The van der Waals surface area contributed by atoms with Gasteiger partial charge in [-0.15, -0.1) is 0 Å². The Kier molecular flexibility index (Phi) is 3.83. The van der Waals surface area contributed by atoms with E-state index in [1.54, 1.807) is 0 Å². The van der Waals surface area contributed by atoms with Gasteiger partial charge in [-0.1, -0.05) is 48.5 Å². The molecule has 2 heteroatoms. The lowest BCUT2D eigenvalue weighted by Crippen LogP contribution is -2.50. The summed E-state index contributed by atoms with van der Waals surface area (Å²) in [5.74, 6) is 0. The first-order chi connectivity index (χ1) is 10.1. The van der Waals surface area contributed by atoms with Crippen molar-refractivity contribution >= 4 is 0 Å². The molecule has 1 heterocycles. The van der Waals surface area contributed by atoms with Crippen molar-refractivity contribution in [3.05, 3.63) is 70.8 Å². The molecule has 2 aromatic carbocycles. The average molecular weight is 281 g/mol. The number of nitrogens with one attached hydrogen (secondary N) is 1. The maximum absolute atomic E-state index is 6.17. The fourth-order valence-corrected chi connectivity index (χ4v) is 2.87. The third-order valence-corrected chi connectivity index (χ3v) is 4.56. The molecule has 0 bridgehead atoms. The molecular formula is C19H23NO. The van der Waals surface area contributed by atoms with Crippen LogP contribution in [-0.2, 0) is 10.3 Å². The summed E-state index contributed by atoms with van der Waals surface area (Å²) in [5.41, 5.74) is 5.10. The van der Waals surface area contributed by atoms with E-state index in [1.807, 2.05) is 0 Å². The Morgan fingerprint density at radius 3 is 2.43 bits per heavy atom. The van der Waals surface area contributed by atoms with Crippen LogP contribution in [0.15, 0.2) is 48.5 Å². The van der Waals surface area contributed by atoms with E-state index in [9.17, 15) is 0 Å². The van der Waals surface area contributed by atoms with Crippen molar-refractivity contribution in [1.29, 1.82) is 0 Å². The molecule has 2 atom stereocenters. The molecule has 1 aliphatic heterocycles. The molecule has 0 aliphatic carbocycles. The molecule has 0 amide bonds. The van der Waals surface area contributed by atoms with Gasteiger partial charge in [-0.3, -0.25) is 0 Å². The van der Waals surface area contributed by atoms with Crippen molar-refractivity contribution in [1.82, 2.24) is 5.32 Å². The Balaban J connectivity index is 1.74. The molecule has 1 saturated heterocycles. The van der Waals surface area contributed by atoms with Gasteiger partial charge < -0.3 is 10.1 Å². The molecule has 2 unspecified atom stereocenters. The molecule has 0 spiro atoms. The van der Waals surface area contributed by atoms with Crippen molar-refractivity contribution in [2.75, 3.05) is 13.2 Å². The van der Waals surface area contributed by atoms with Gasteiger partial charge in [0.15, 0.2) is 0 Å². The fourth-order valence-electron chi connectivity index (χ4n) is 2.87. The quantitative estimate of drug-likeness (QED) is 0.902. The average Bonchev–Trinajstić information content (AvgIpc) is 2.52. The highest BCUT2D eigenvalue weighted by atomic mass is 16.5. The SMILES string of the molecule is Cc1ccc(C2CNC(C)(c3ccccc3)CO2)cc1C. The minimum absolute atomic E-state index is 0.0997. The lowest BCUT2D eigenvalue weighted by molar-refractivity contribution is -0.0308. The summed E-state index contributed by atoms with van der Waals surface area (Å²) in [6.45, 7) is 8.04. The maximum atomic E-state index is 6.17. The van der Waals surface area contributed by atoms with Crippen LogP contribution in [0.25, 0.3) is 0 Å². The fraction of sp³-hybridized carbons (Fsp3) is 0.368. The topological polar surface area (TPSA) is 21.3 Å². The molecule has 2 nitrogen and oxygen atoms in total. The normalized spacial score (nSPS) is 25.8. The highest BCUT2D eigenvalue weighted by Crippen LogP contribution is 2.30. The summed E-state index contributed by atoms with van der Waals surface area (Å²) >= 11 is 0. The lowest BCUT2D eigenvalue weighted by Gasteiger charge is -2.39. The van der Waals surface area contributed by atoms with Crippen LogP contribution < -0.4 is 5.32 Å². The van der Waals surface area contributed by atoms with Crippen LogP contribution in [0.3, 0.4) is 0 Å². The van der Waals surface area contributed by atoms with Gasteiger partial charge in [-0.25, -0.2) is 0 Å². The second kappa shape index (κ2) is 5.63. The Morgan fingerprint density at radius 2 is 1.81 bits per heavy atom. The van der Waals surface area contributed by atoms with Gasteiger partial charge in [-0.2, -0.15) is 0 Å². The van der Waals surface area contributed by atoms with Gasteiger partial charge in [0.05, 0.1) is 18.2 Å². The van der Waals surface area contributed by atoms with E-state index in [-0.39, 0.29) is 11.6 Å². The van der Waals surface area contributed by atoms with Crippen LogP contribution in [0.5, 0.6) is 0 Å². The van der Waals surface area contributed by atoms with E-state index >= 15 is 0 Å². The third-order valence-electron chi connectivity index (χ3n) is 4.56. The van der Waals surface area contributed by atoms with Crippen LogP contribution >= 0.6 is 0 Å². The van der Waals surface area contributed by atoms with E-state index in [0.29, 0.717) is 6.61 Å². The Labute approximate surface area is 127 Å². The zero-order valence-electron chi connectivity index (χ0n) is 13.0. The number of rotatable bonds is 2. The van der Waals surface area contributed by atoms with Gasteiger partial charge >= 0.3 is 0 Å². The molecule has 110 valence electrons. The summed E-state index contributed by atoms with van der Waals surface area (Å²) in [4.78, 5) is 0. The smallest absolute Gasteiger partial charge is 0.0950 e. The summed E-state index contributed by atoms with van der Waals surface area (Å²) < 4.78 is 6.17. The second-order valence-corrected chi connectivity index (χ2v) is 6.22. The summed E-state index contributed by atoms with van der Waals surface area (Å²) in [7, 11) is 0. The van der Waals surface area contributed by atoms with Gasteiger partial charge in [-0.05, 0) is 43.0 Å². The number of hydrogen-bond acceptors (Lipinski definition) is 2. The van der Waals surface area contributed by atoms with E-state index in [0.717, 1.165) is 6.54 Å². The van der Waals surface area contributed by atoms with Crippen LogP contribution in [-0.4, -0.2) is 13.2 Å². The minimum atomic E-state index is -0.0997. The highest BCUT2D eigenvalue weighted by Gasteiger charge is 2.33. The molecule has 3 rings (SSSR count). The molecule has 2 aromatic rings. The van der Waals surface area contributed by atoms with Gasteiger partial charge in [0, 0.05) is 6.54 Å². The van der Waals surface area contributed by atoms with Crippen molar-refractivity contribution in [3.8, 4) is 0 Å². The molecule has 1 fully saturated rings. The number of ether oxygens (including phenoxy) is 1. The lowest BCUT2D eigenvalue weighted by atomic mass is 9.90. The zero-order valence-corrected chi connectivity index (χ0v) is 13.0. The predicted octanol–water partition coefficient (Wildman–Crippen LogP) is 3.88. The van der Waals surface area contributed by atoms with Gasteiger partial charge in [0.25, 0.3) is 0 Å². The minimum Gasteiger partial charge on any atom is -0.370 e. The standard InChI is InChI=1S/C19H23NO/c1-14-9-10-16(11-15(14)2)18-12-20-19(3,13-21-18)17-7-5-4-6-8-17/h4-11,18,20H,12-13H2,1-3H3. The van der Waals surface area contributed by atoms with Gasteiger partial charge in [0.2, 0.25) is 0 Å². The van der Waals surface area contributed by atoms with Crippen molar-refractivity contribution in [2.24, 2.45) is 0 Å². The van der Waals surface area contributed by atoms with Crippen LogP contribution in [0.1, 0.15) is 35.3 Å². The Hall–Kier alpha value is -1.64. The largest absolute Gasteiger partial charge is 0.370 e. The first-order valence-electron chi connectivity index (χ1n) is 7.58. The monoisotopic (exact) mass is 281 g/mol. The third kappa shape index (κ3) is 2.87. The zero-order chi connectivity index (χ0) is 14.9. The van der Waals surface area contributed by atoms with Crippen LogP contribution in [0.4, 0.5) is 0 Å². The van der Waals surface area contributed by atoms with Crippen LogP contribution in [0.2, 0.25) is 0 Å². The molecule has 1 N–H and O–H groups in total. The van der Waals surface area contributed by atoms with E-state index in [4.69, 9.17) is 4.74 Å². The Bertz CT molecular complexity index is 613. The van der Waals surface area contributed by atoms with Crippen molar-refractivity contribution in [3.63, 3.8) is 0 Å². The van der Waals surface area contributed by atoms with E-state index < -0.39 is 0 Å². The first-order valence-corrected chi connectivity index (χ1v) is 7.58.